The van der Waals surface area contributed by atoms with Gasteiger partial charge in [0.2, 0.25) is 0 Å². The molecule has 1 N–H and O–H groups in total. The van der Waals surface area contributed by atoms with Crippen LogP contribution in [-0.2, 0) is 6.42 Å². The van der Waals surface area contributed by atoms with Gasteiger partial charge < -0.3 is 5.32 Å². The third-order valence-electron chi connectivity index (χ3n) is 2.68. The maximum absolute atomic E-state index is 5.87. The van der Waals surface area contributed by atoms with Crippen molar-refractivity contribution in [2.45, 2.75) is 32.7 Å². The normalized spacial score (nSPS) is 11.2. The van der Waals surface area contributed by atoms with E-state index in [4.69, 9.17) is 11.6 Å². The Labute approximate surface area is 123 Å². The minimum absolute atomic E-state index is 0.541. The Kier molecular flexibility index (Phi) is 5.31. The first-order valence-corrected chi connectivity index (χ1v) is 7.66. The van der Waals surface area contributed by atoms with Crippen LogP contribution in [-0.4, -0.2) is 22.8 Å². The highest BCUT2D eigenvalue weighted by Crippen LogP contribution is 2.25. The summed E-state index contributed by atoms with van der Waals surface area (Å²) < 4.78 is 0. The van der Waals surface area contributed by atoms with Crippen molar-refractivity contribution in [1.82, 2.24) is 15.5 Å². The van der Waals surface area contributed by atoms with E-state index in [9.17, 15) is 0 Å². The Hall–Kier alpha value is -0.970. The molecule has 0 saturated carbocycles. The van der Waals surface area contributed by atoms with Crippen LogP contribution in [0.25, 0.3) is 10.6 Å². The quantitative estimate of drug-likeness (QED) is 0.824. The van der Waals surface area contributed by atoms with E-state index in [-0.39, 0.29) is 0 Å². The molecule has 1 aromatic carbocycles. The molecule has 0 amide bonds. The van der Waals surface area contributed by atoms with Gasteiger partial charge in [0.1, 0.15) is 10.0 Å². The van der Waals surface area contributed by atoms with Gasteiger partial charge in [-0.25, -0.2) is 0 Å². The second kappa shape index (κ2) is 6.98. The van der Waals surface area contributed by atoms with Crippen LogP contribution in [0, 0.1) is 0 Å². The fraction of sp³-hybridized carbons (Fsp3) is 0.429. The Morgan fingerprint density at radius 1 is 1.21 bits per heavy atom. The molecule has 0 fully saturated rings. The van der Waals surface area contributed by atoms with Crippen LogP contribution in [0.3, 0.4) is 0 Å². The van der Waals surface area contributed by atoms with E-state index < -0.39 is 0 Å². The molecule has 19 heavy (non-hydrogen) atoms. The Morgan fingerprint density at radius 3 is 2.63 bits per heavy atom. The number of aromatic nitrogens is 2. The smallest absolute Gasteiger partial charge is 0.147 e. The highest BCUT2D eigenvalue weighted by atomic mass is 35.5. The fourth-order valence-electron chi connectivity index (χ4n) is 1.69. The lowest BCUT2D eigenvalue weighted by Gasteiger charge is -2.05. The average Bonchev–Trinajstić information content (AvgIpc) is 2.84. The van der Waals surface area contributed by atoms with Gasteiger partial charge in [-0.2, -0.15) is 0 Å². The second-order valence-electron chi connectivity index (χ2n) is 4.72. The molecule has 2 rings (SSSR count). The standard InChI is InChI=1S/C14H18ClN3S/c1-10(2)16-9-3-4-13-17-18-14(19-13)11-5-7-12(15)8-6-11/h5-8,10,16H,3-4,9H2,1-2H3. The van der Waals surface area contributed by atoms with E-state index in [1.54, 1.807) is 11.3 Å². The van der Waals surface area contributed by atoms with Gasteiger partial charge in [-0.05, 0) is 25.1 Å². The number of nitrogens with one attached hydrogen (secondary N) is 1. The molecule has 0 atom stereocenters. The molecule has 1 aromatic heterocycles. The minimum Gasteiger partial charge on any atom is -0.315 e. The zero-order valence-electron chi connectivity index (χ0n) is 11.2. The molecule has 2 aromatic rings. The summed E-state index contributed by atoms with van der Waals surface area (Å²) >= 11 is 7.53. The highest BCUT2D eigenvalue weighted by Gasteiger charge is 2.06. The molecule has 0 aliphatic rings. The predicted molar refractivity (Wildman–Crippen MR) is 81.8 cm³/mol. The second-order valence-corrected chi connectivity index (χ2v) is 6.22. The summed E-state index contributed by atoms with van der Waals surface area (Å²) in [5.74, 6) is 0. The third kappa shape index (κ3) is 4.56. The van der Waals surface area contributed by atoms with Crippen LogP contribution >= 0.6 is 22.9 Å². The maximum Gasteiger partial charge on any atom is 0.147 e. The molecule has 0 aliphatic heterocycles. The van der Waals surface area contributed by atoms with E-state index in [0.717, 1.165) is 40.0 Å². The topological polar surface area (TPSA) is 37.8 Å². The summed E-state index contributed by atoms with van der Waals surface area (Å²) in [5, 5.41) is 14.7. The molecular weight excluding hydrogens is 278 g/mol. The van der Waals surface area contributed by atoms with Gasteiger partial charge in [0.25, 0.3) is 0 Å². The third-order valence-corrected chi connectivity index (χ3v) is 3.96. The van der Waals surface area contributed by atoms with Crippen molar-refractivity contribution in [3.8, 4) is 10.6 Å². The molecule has 102 valence electrons. The van der Waals surface area contributed by atoms with Crippen LogP contribution in [0.1, 0.15) is 25.3 Å². The lowest BCUT2D eigenvalue weighted by Crippen LogP contribution is -2.23. The maximum atomic E-state index is 5.87. The molecular formula is C14H18ClN3S. The summed E-state index contributed by atoms with van der Waals surface area (Å²) in [7, 11) is 0. The number of rotatable bonds is 6. The summed E-state index contributed by atoms with van der Waals surface area (Å²) in [6.07, 6.45) is 2.07. The monoisotopic (exact) mass is 295 g/mol. The Morgan fingerprint density at radius 2 is 1.95 bits per heavy atom. The van der Waals surface area contributed by atoms with Crippen LogP contribution < -0.4 is 5.32 Å². The van der Waals surface area contributed by atoms with Crippen molar-refractivity contribution in [2.24, 2.45) is 0 Å². The van der Waals surface area contributed by atoms with Gasteiger partial charge in [0.15, 0.2) is 0 Å². The molecule has 0 bridgehead atoms. The van der Waals surface area contributed by atoms with Gasteiger partial charge in [-0.3, -0.25) is 0 Å². The molecule has 0 unspecified atom stereocenters. The van der Waals surface area contributed by atoms with E-state index in [1.165, 1.54) is 0 Å². The average molecular weight is 296 g/mol. The van der Waals surface area contributed by atoms with Crippen LogP contribution in [0.4, 0.5) is 0 Å². The summed E-state index contributed by atoms with van der Waals surface area (Å²) in [6, 6.07) is 8.26. The van der Waals surface area contributed by atoms with Crippen molar-refractivity contribution < 1.29 is 0 Å². The summed E-state index contributed by atoms with van der Waals surface area (Å²) in [5.41, 5.74) is 1.08. The zero-order valence-corrected chi connectivity index (χ0v) is 12.8. The Bertz CT molecular complexity index is 508. The van der Waals surface area contributed by atoms with Crippen molar-refractivity contribution in [3.63, 3.8) is 0 Å². The lowest BCUT2D eigenvalue weighted by atomic mass is 10.2. The van der Waals surface area contributed by atoms with E-state index in [2.05, 4.69) is 29.4 Å². The van der Waals surface area contributed by atoms with Crippen molar-refractivity contribution in [2.75, 3.05) is 6.54 Å². The Balaban J connectivity index is 1.90. The number of benzene rings is 1. The lowest BCUT2D eigenvalue weighted by molar-refractivity contribution is 0.569. The molecule has 5 heteroatoms. The number of nitrogens with zero attached hydrogens (tertiary/aromatic N) is 2. The summed E-state index contributed by atoms with van der Waals surface area (Å²) in [4.78, 5) is 0. The molecule has 0 radical (unpaired) electrons. The number of aryl methyl sites for hydroxylation is 1. The first kappa shape index (κ1) is 14.4. The van der Waals surface area contributed by atoms with Crippen LogP contribution in [0.15, 0.2) is 24.3 Å². The van der Waals surface area contributed by atoms with Crippen molar-refractivity contribution >= 4 is 22.9 Å². The molecule has 0 saturated heterocycles. The largest absolute Gasteiger partial charge is 0.315 e. The van der Waals surface area contributed by atoms with Crippen LogP contribution in [0.5, 0.6) is 0 Å². The molecule has 0 aliphatic carbocycles. The minimum atomic E-state index is 0.541. The predicted octanol–water partition coefficient (Wildman–Crippen LogP) is 3.79. The van der Waals surface area contributed by atoms with Gasteiger partial charge in [-0.15, -0.1) is 10.2 Å². The molecule has 1 heterocycles. The zero-order chi connectivity index (χ0) is 13.7. The highest BCUT2D eigenvalue weighted by molar-refractivity contribution is 7.14. The number of hydrogen-bond acceptors (Lipinski definition) is 4. The van der Waals surface area contributed by atoms with E-state index in [1.807, 2.05) is 24.3 Å². The van der Waals surface area contributed by atoms with Gasteiger partial charge in [0.05, 0.1) is 0 Å². The van der Waals surface area contributed by atoms with Gasteiger partial charge in [0, 0.05) is 23.0 Å². The SMILES string of the molecule is CC(C)NCCCc1nnc(-c2ccc(Cl)cc2)s1. The van der Waals surface area contributed by atoms with Crippen LogP contribution in [0.2, 0.25) is 5.02 Å². The van der Waals surface area contributed by atoms with Crippen molar-refractivity contribution in [1.29, 1.82) is 0 Å². The van der Waals surface area contributed by atoms with Gasteiger partial charge >= 0.3 is 0 Å². The van der Waals surface area contributed by atoms with Gasteiger partial charge in [-0.1, -0.05) is 48.9 Å². The molecule has 3 nitrogen and oxygen atoms in total. The first-order valence-electron chi connectivity index (χ1n) is 6.47. The summed E-state index contributed by atoms with van der Waals surface area (Å²) in [6.45, 7) is 5.33. The first-order chi connectivity index (χ1) is 9.15. The number of halogens is 1. The van der Waals surface area contributed by atoms with Crippen molar-refractivity contribution in [3.05, 3.63) is 34.3 Å². The fourth-order valence-corrected chi connectivity index (χ4v) is 2.71. The van der Waals surface area contributed by atoms with E-state index in [0.29, 0.717) is 6.04 Å². The number of hydrogen-bond donors (Lipinski definition) is 1. The molecule has 0 spiro atoms. The van der Waals surface area contributed by atoms with E-state index >= 15 is 0 Å².